The van der Waals surface area contributed by atoms with Crippen LogP contribution in [0.1, 0.15) is 20.7 Å². The smallest absolute Gasteiger partial charge is 0.261 e. The molecule has 0 aliphatic rings. The van der Waals surface area contributed by atoms with Gasteiger partial charge in [0.2, 0.25) is 0 Å². The van der Waals surface area contributed by atoms with Crippen molar-refractivity contribution >= 4 is 46.4 Å². The van der Waals surface area contributed by atoms with Crippen molar-refractivity contribution in [2.45, 2.75) is 0 Å². The first-order chi connectivity index (χ1) is 16.7. The Morgan fingerprint density at radius 1 is 0.571 bits per heavy atom. The number of benzene rings is 4. The van der Waals surface area contributed by atoms with Crippen molar-refractivity contribution in [3.8, 4) is 0 Å². The van der Waals surface area contributed by atoms with Gasteiger partial charge in [0.25, 0.3) is 11.8 Å². The lowest BCUT2D eigenvalue weighted by molar-refractivity contribution is 0.101. The Labute approximate surface area is 209 Å². The van der Waals surface area contributed by atoms with Gasteiger partial charge in [0, 0.05) is 21.4 Å². The van der Waals surface area contributed by atoms with E-state index in [9.17, 15) is 22.8 Å². The van der Waals surface area contributed by atoms with E-state index in [0.717, 1.165) is 12.1 Å². The van der Waals surface area contributed by atoms with Crippen molar-refractivity contribution in [1.29, 1.82) is 0 Å². The van der Waals surface area contributed by atoms with Gasteiger partial charge in [0.1, 0.15) is 23.0 Å². The Morgan fingerprint density at radius 3 is 1.54 bits per heavy atom. The first kappa shape index (κ1) is 25.8. The van der Waals surface area contributed by atoms with Gasteiger partial charge < -0.3 is 10.6 Å². The van der Waals surface area contributed by atoms with E-state index in [2.05, 4.69) is 10.6 Å². The summed E-state index contributed by atoms with van der Waals surface area (Å²) in [6, 6.07) is 22.0. The van der Waals surface area contributed by atoms with Crippen molar-refractivity contribution < 1.29 is 22.8 Å². The van der Waals surface area contributed by atoms with E-state index >= 15 is 0 Å². The topological polar surface area (TPSA) is 58.2 Å². The molecule has 0 aliphatic carbocycles. The summed E-state index contributed by atoms with van der Waals surface area (Å²) in [5, 5.41) is 5.88. The molecule has 0 fully saturated rings. The van der Waals surface area contributed by atoms with E-state index in [1.165, 1.54) is 30.3 Å². The molecule has 0 atom stereocenters. The number of hydrogen-bond acceptors (Lipinski definition) is 2. The second-order valence-corrected chi connectivity index (χ2v) is 7.88. The number of carbonyl (C=O) groups is 2. The first-order valence-electron chi connectivity index (χ1n) is 10.1. The lowest BCUT2D eigenvalue weighted by Gasteiger charge is -2.07. The van der Waals surface area contributed by atoms with Crippen LogP contribution < -0.4 is 10.6 Å². The highest BCUT2D eigenvalue weighted by Gasteiger charge is 2.17. The van der Waals surface area contributed by atoms with E-state index < -0.39 is 34.8 Å². The number of hydrogen-bond donors (Lipinski definition) is 2. The van der Waals surface area contributed by atoms with E-state index in [4.69, 9.17) is 23.2 Å². The summed E-state index contributed by atoms with van der Waals surface area (Å²) in [7, 11) is 0. The van der Waals surface area contributed by atoms with Gasteiger partial charge in [0.05, 0.1) is 5.56 Å². The van der Waals surface area contributed by atoms with Crippen LogP contribution in [0.2, 0.25) is 10.0 Å². The van der Waals surface area contributed by atoms with Crippen LogP contribution in [0.5, 0.6) is 0 Å². The van der Waals surface area contributed by atoms with Crippen LogP contribution in [-0.2, 0) is 0 Å². The van der Waals surface area contributed by atoms with Crippen LogP contribution in [0.4, 0.5) is 24.5 Å². The zero-order valence-electron chi connectivity index (χ0n) is 17.9. The third-order valence-corrected chi connectivity index (χ3v) is 4.94. The van der Waals surface area contributed by atoms with E-state index in [1.54, 1.807) is 48.5 Å². The van der Waals surface area contributed by atoms with Crippen LogP contribution in [0.25, 0.3) is 0 Å². The molecule has 2 N–H and O–H groups in total. The monoisotopic (exact) mass is 516 g/mol. The molecule has 0 unspecified atom stereocenters. The molecule has 0 radical (unpaired) electrons. The van der Waals surface area contributed by atoms with Crippen LogP contribution in [-0.4, -0.2) is 11.8 Å². The molecule has 0 spiro atoms. The van der Waals surface area contributed by atoms with Crippen LogP contribution in [0, 0.1) is 17.5 Å². The van der Waals surface area contributed by atoms with Gasteiger partial charge in [-0.05, 0) is 60.7 Å². The lowest BCUT2D eigenvalue weighted by atomic mass is 10.2. The third kappa shape index (κ3) is 7.34. The van der Waals surface area contributed by atoms with Gasteiger partial charge in [-0.3, -0.25) is 9.59 Å². The Morgan fingerprint density at radius 2 is 1.03 bits per heavy atom. The van der Waals surface area contributed by atoms with Gasteiger partial charge in [-0.25, -0.2) is 13.2 Å². The Balaban J connectivity index is 0.000000196. The van der Waals surface area contributed by atoms with Crippen molar-refractivity contribution in [2.24, 2.45) is 0 Å². The average molecular weight is 517 g/mol. The number of amides is 2. The largest absolute Gasteiger partial charge is 0.322 e. The Bertz CT molecular complexity index is 1350. The summed E-state index contributed by atoms with van der Waals surface area (Å²) in [5.41, 5.74) is 0.297. The summed E-state index contributed by atoms with van der Waals surface area (Å²) in [6.07, 6.45) is 0. The van der Waals surface area contributed by atoms with E-state index in [-0.39, 0.29) is 5.56 Å². The molecule has 4 aromatic rings. The first-order valence-corrected chi connectivity index (χ1v) is 10.8. The lowest BCUT2D eigenvalue weighted by Crippen LogP contribution is -2.15. The number of carbonyl (C=O) groups excluding carboxylic acids is 2. The van der Waals surface area contributed by atoms with Crippen LogP contribution in [0.3, 0.4) is 0 Å². The Kier molecular flexibility index (Phi) is 8.89. The van der Waals surface area contributed by atoms with E-state index in [0.29, 0.717) is 21.4 Å². The molecule has 0 saturated carbocycles. The molecule has 0 aliphatic heterocycles. The summed E-state index contributed by atoms with van der Waals surface area (Å²) >= 11 is 11.5. The number of anilines is 2. The van der Waals surface area contributed by atoms with Gasteiger partial charge in [-0.15, -0.1) is 0 Å². The SMILES string of the molecule is O=C(Nc1cccc(Cl)c1)c1c(F)cccc1F.O=C(Nc1cccc(Cl)c1)c1ccccc1F. The van der Waals surface area contributed by atoms with Crippen molar-refractivity contribution in [3.63, 3.8) is 0 Å². The van der Waals surface area contributed by atoms with Crippen molar-refractivity contribution in [3.05, 3.63) is 130 Å². The summed E-state index contributed by atoms with van der Waals surface area (Å²) in [5.74, 6) is -3.71. The summed E-state index contributed by atoms with van der Waals surface area (Å²) in [4.78, 5) is 23.5. The van der Waals surface area contributed by atoms with Gasteiger partial charge in [-0.1, -0.05) is 53.5 Å². The minimum Gasteiger partial charge on any atom is -0.322 e. The van der Waals surface area contributed by atoms with Gasteiger partial charge >= 0.3 is 0 Å². The molecular formula is C26H17Cl2F3N2O2. The standard InChI is InChI=1S/C13H8ClF2NO.C13H9ClFNO/c14-8-3-1-4-9(7-8)17-13(18)12-10(15)5-2-6-11(12)16;14-9-4-3-5-10(8-9)16-13(17)11-6-1-2-7-12(11)15/h1-7H,(H,17,18);1-8H,(H,16,17). The number of rotatable bonds is 4. The molecule has 4 nitrogen and oxygen atoms in total. The number of nitrogens with one attached hydrogen (secondary N) is 2. The fraction of sp³-hybridized carbons (Fsp3) is 0. The molecule has 178 valence electrons. The van der Waals surface area contributed by atoms with Crippen molar-refractivity contribution in [1.82, 2.24) is 0 Å². The summed E-state index contributed by atoms with van der Waals surface area (Å²) in [6.45, 7) is 0. The summed E-state index contributed by atoms with van der Waals surface area (Å²) < 4.78 is 40.0. The van der Waals surface area contributed by atoms with Gasteiger partial charge in [-0.2, -0.15) is 0 Å². The highest BCUT2D eigenvalue weighted by molar-refractivity contribution is 6.31. The van der Waals surface area contributed by atoms with Crippen molar-refractivity contribution in [2.75, 3.05) is 10.6 Å². The predicted molar refractivity (Wildman–Crippen MR) is 132 cm³/mol. The highest BCUT2D eigenvalue weighted by Crippen LogP contribution is 2.19. The molecule has 2 amide bonds. The maximum atomic E-state index is 13.4. The minimum atomic E-state index is -0.908. The molecule has 4 aromatic carbocycles. The molecule has 4 rings (SSSR count). The normalized spacial score (nSPS) is 10.1. The maximum Gasteiger partial charge on any atom is 0.261 e. The zero-order valence-corrected chi connectivity index (χ0v) is 19.4. The predicted octanol–water partition coefficient (Wildman–Crippen LogP) is 7.60. The molecule has 0 saturated heterocycles. The fourth-order valence-electron chi connectivity index (χ4n) is 2.88. The third-order valence-electron chi connectivity index (χ3n) is 4.47. The minimum absolute atomic E-state index is 0.00692. The fourth-order valence-corrected chi connectivity index (χ4v) is 3.27. The maximum absolute atomic E-state index is 13.4. The van der Waals surface area contributed by atoms with Gasteiger partial charge in [0.15, 0.2) is 0 Å². The molecule has 35 heavy (non-hydrogen) atoms. The molecular weight excluding hydrogens is 500 g/mol. The molecule has 0 heterocycles. The van der Waals surface area contributed by atoms with E-state index in [1.807, 2.05) is 0 Å². The quantitative estimate of drug-likeness (QED) is 0.293. The highest BCUT2D eigenvalue weighted by atomic mass is 35.5. The molecule has 0 bridgehead atoms. The zero-order chi connectivity index (χ0) is 25.4. The second kappa shape index (κ2) is 12.1. The molecule has 9 heteroatoms. The second-order valence-electron chi connectivity index (χ2n) is 7.01. The Hall–Kier alpha value is -3.81. The number of halogens is 5. The van der Waals surface area contributed by atoms with Crippen LogP contribution >= 0.6 is 23.2 Å². The molecule has 0 aromatic heterocycles. The average Bonchev–Trinajstić information content (AvgIpc) is 2.80. The van der Waals surface area contributed by atoms with Crippen LogP contribution in [0.15, 0.2) is 91.0 Å².